The van der Waals surface area contributed by atoms with E-state index in [1.165, 1.54) is 11.3 Å². The van der Waals surface area contributed by atoms with Gasteiger partial charge in [0.05, 0.1) is 19.8 Å². The van der Waals surface area contributed by atoms with Crippen LogP contribution in [-0.4, -0.2) is 30.8 Å². The van der Waals surface area contributed by atoms with Gasteiger partial charge in [0.1, 0.15) is 5.60 Å². The molecule has 6 heteroatoms. The number of thiophene rings is 1. The zero-order valence-electron chi connectivity index (χ0n) is 16.3. The molecule has 0 aliphatic heterocycles. The highest BCUT2D eigenvalue weighted by Gasteiger charge is 2.26. The van der Waals surface area contributed by atoms with E-state index in [1.807, 2.05) is 44.2 Å². The third-order valence-corrected chi connectivity index (χ3v) is 5.72. The van der Waals surface area contributed by atoms with Crippen LogP contribution >= 0.6 is 11.3 Å². The van der Waals surface area contributed by atoms with E-state index in [9.17, 15) is 9.90 Å². The van der Waals surface area contributed by atoms with Crippen molar-refractivity contribution in [2.75, 3.05) is 19.8 Å². The molecule has 1 atom stereocenters. The Balaban J connectivity index is 1.72. The van der Waals surface area contributed by atoms with Crippen molar-refractivity contribution in [1.29, 1.82) is 0 Å². The lowest BCUT2D eigenvalue weighted by Gasteiger charge is -2.22. The topological polar surface area (TPSA) is 67.8 Å². The number of hydrogen-bond donors (Lipinski definition) is 2. The lowest BCUT2D eigenvalue weighted by atomic mass is 10.0. The largest absolute Gasteiger partial charge is 0.490 e. The second-order valence-electron chi connectivity index (χ2n) is 6.63. The second kappa shape index (κ2) is 8.63. The number of carbonyl (C=O) groups excluding carboxylic acids is 1. The smallest absolute Gasteiger partial charge is 0.251 e. The van der Waals surface area contributed by atoms with Gasteiger partial charge in [0, 0.05) is 15.1 Å². The van der Waals surface area contributed by atoms with Gasteiger partial charge in [-0.15, -0.1) is 11.3 Å². The Morgan fingerprint density at radius 3 is 2.50 bits per heavy atom. The van der Waals surface area contributed by atoms with Crippen molar-refractivity contribution in [3.05, 3.63) is 59.0 Å². The van der Waals surface area contributed by atoms with Crippen LogP contribution < -0.4 is 14.8 Å². The minimum atomic E-state index is -1.16. The number of rotatable bonds is 8. The van der Waals surface area contributed by atoms with Crippen LogP contribution in [0.15, 0.2) is 48.5 Å². The minimum Gasteiger partial charge on any atom is -0.490 e. The lowest BCUT2D eigenvalue weighted by Crippen LogP contribution is -2.38. The monoisotopic (exact) mass is 399 g/mol. The third kappa shape index (κ3) is 4.46. The van der Waals surface area contributed by atoms with Crippen LogP contribution in [0, 0.1) is 0 Å². The zero-order valence-corrected chi connectivity index (χ0v) is 17.1. The summed E-state index contributed by atoms with van der Waals surface area (Å²) in [6.45, 7) is 6.59. The molecule has 1 unspecified atom stereocenters. The van der Waals surface area contributed by atoms with Crippen molar-refractivity contribution >= 4 is 27.3 Å². The fourth-order valence-corrected chi connectivity index (χ4v) is 3.99. The number of ether oxygens (including phenoxy) is 2. The van der Waals surface area contributed by atoms with E-state index in [4.69, 9.17) is 9.47 Å². The molecule has 0 bridgehead atoms. The van der Waals surface area contributed by atoms with Gasteiger partial charge in [0.15, 0.2) is 11.5 Å². The molecule has 1 aromatic heterocycles. The van der Waals surface area contributed by atoms with Crippen LogP contribution in [0.2, 0.25) is 0 Å². The zero-order chi connectivity index (χ0) is 20.1. The molecule has 0 saturated carbocycles. The number of carbonyl (C=O) groups is 1. The fourth-order valence-electron chi connectivity index (χ4n) is 2.88. The Hall–Kier alpha value is -2.57. The average molecular weight is 400 g/mol. The molecule has 3 rings (SSSR count). The molecular formula is C22H25NO4S. The molecule has 0 radical (unpaired) electrons. The molecule has 0 saturated heterocycles. The summed E-state index contributed by atoms with van der Waals surface area (Å²) in [4.78, 5) is 13.4. The molecule has 28 heavy (non-hydrogen) atoms. The SMILES string of the molecule is CCOc1ccc(C(=O)NCC(C)(O)c2cc3ccccc3s2)cc1OCC. The van der Waals surface area contributed by atoms with Crippen LogP contribution in [0.1, 0.15) is 36.0 Å². The van der Waals surface area contributed by atoms with Crippen LogP contribution in [0.5, 0.6) is 11.5 Å². The number of hydrogen-bond acceptors (Lipinski definition) is 5. The molecular weight excluding hydrogens is 374 g/mol. The molecule has 0 fully saturated rings. The summed E-state index contributed by atoms with van der Waals surface area (Å²) in [6.07, 6.45) is 0. The van der Waals surface area contributed by atoms with Gasteiger partial charge in [-0.3, -0.25) is 4.79 Å². The number of aliphatic hydroxyl groups is 1. The first-order chi connectivity index (χ1) is 13.4. The predicted molar refractivity (Wildman–Crippen MR) is 113 cm³/mol. The quantitative estimate of drug-likeness (QED) is 0.591. The van der Waals surface area contributed by atoms with Gasteiger partial charge in [-0.2, -0.15) is 0 Å². The minimum absolute atomic E-state index is 0.107. The summed E-state index contributed by atoms with van der Waals surface area (Å²) in [6, 6.07) is 15.0. The van der Waals surface area contributed by atoms with Crippen molar-refractivity contribution in [2.24, 2.45) is 0 Å². The molecule has 0 spiro atoms. The van der Waals surface area contributed by atoms with Crippen molar-refractivity contribution in [3.8, 4) is 11.5 Å². The van der Waals surface area contributed by atoms with E-state index >= 15 is 0 Å². The van der Waals surface area contributed by atoms with E-state index in [0.717, 1.165) is 15.0 Å². The van der Waals surface area contributed by atoms with Gasteiger partial charge >= 0.3 is 0 Å². The van der Waals surface area contributed by atoms with Gasteiger partial charge < -0.3 is 19.9 Å². The summed E-state index contributed by atoms with van der Waals surface area (Å²) >= 11 is 1.53. The van der Waals surface area contributed by atoms with Gasteiger partial charge in [-0.1, -0.05) is 18.2 Å². The van der Waals surface area contributed by atoms with E-state index in [2.05, 4.69) is 5.32 Å². The Morgan fingerprint density at radius 1 is 1.07 bits per heavy atom. The van der Waals surface area contributed by atoms with E-state index < -0.39 is 5.60 Å². The van der Waals surface area contributed by atoms with Crippen molar-refractivity contribution in [1.82, 2.24) is 5.32 Å². The number of nitrogens with one attached hydrogen (secondary N) is 1. The molecule has 1 heterocycles. The molecule has 0 aliphatic carbocycles. The van der Waals surface area contributed by atoms with Gasteiger partial charge in [0.25, 0.3) is 5.91 Å². The van der Waals surface area contributed by atoms with Gasteiger partial charge in [-0.05, 0) is 56.5 Å². The predicted octanol–water partition coefficient (Wildman–Crippen LogP) is 4.34. The third-order valence-electron chi connectivity index (χ3n) is 4.36. The van der Waals surface area contributed by atoms with E-state index in [1.54, 1.807) is 25.1 Å². The maximum Gasteiger partial charge on any atom is 0.251 e. The maximum atomic E-state index is 12.6. The summed E-state index contributed by atoms with van der Waals surface area (Å²) in [5.74, 6) is 0.872. The maximum absolute atomic E-state index is 12.6. The molecule has 5 nitrogen and oxygen atoms in total. The number of benzene rings is 2. The lowest BCUT2D eigenvalue weighted by molar-refractivity contribution is 0.0557. The average Bonchev–Trinajstić information content (AvgIpc) is 3.13. The highest BCUT2D eigenvalue weighted by Crippen LogP contribution is 2.33. The fraction of sp³-hybridized carbons (Fsp3) is 0.318. The number of amides is 1. The molecule has 1 amide bonds. The van der Waals surface area contributed by atoms with Crippen molar-refractivity contribution < 1.29 is 19.4 Å². The Labute approximate surface area is 168 Å². The molecule has 148 valence electrons. The first-order valence-electron chi connectivity index (χ1n) is 9.34. The highest BCUT2D eigenvalue weighted by atomic mass is 32.1. The Morgan fingerprint density at radius 2 is 1.79 bits per heavy atom. The van der Waals surface area contributed by atoms with Gasteiger partial charge in [-0.25, -0.2) is 0 Å². The van der Waals surface area contributed by atoms with Crippen molar-refractivity contribution in [3.63, 3.8) is 0 Å². The normalized spacial score (nSPS) is 13.1. The summed E-state index contributed by atoms with van der Waals surface area (Å²) in [5, 5.41) is 14.8. The standard InChI is InChI=1S/C22H25NO4S/c1-4-26-17-11-10-16(12-18(17)27-5-2)21(24)23-14-22(3,25)20-13-15-8-6-7-9-19(15)28-20/h6-13,25H,4-5,14H2,1-3H3,(H,23,24). The van der Waals surface area contributed by atoms with Gasteiger partial charge in [0.2, 0.25) is 0 Å². The first-order valence-corrected chi connectivity index (χ1v) is 10.2. The second-order valence-corrected chi connectivity index (χ2v) is 7.72. The Kier molecular flexibility index (Phi) is 6.21. The van der Waals surface area contributed by atoms with Crippen molar-refractivity contribution in [2.45, 2.75) is 26.4 Å². The van der Waals surface area contributed by atoms with E-state index in [-0.39, 0.29) is 12.5 Å². The summed E-state index contributed by atoms with van der Waals surface area (Å²) in [7, 11) is 0. The summed E-state index contributed by atoms with van der Waals surface area (Å²) in [5.41, 5.74) is -0.702. The van der Waals surface area contributed by atoms with Crippen LogP contribution in [0.3, 0.4) is 0 Å². The van der Waals surface area contributed by atoms with Crippen LogP contribution in [-0.2, 0) is 5.60 Å². The molecule has 0 aliphatic rings. The molecule has 2 aromatic carbocycles. The molecule has 2 N–H and O–H groups in total. The Bertz CT molecular complexity index is 931. The first kappa shape index (κ1) is 20.2. The number of fused-ring (bicyclic) bond motifs is 1. The summed E-state index contributed by atoms with van der Waals surface area (Å²) < 4.78 is 12.2. The molecule has 3 aromatic rings. The van der Waals surface area contributed by atoms with E-state index in [0.29, 0.717) is 30.3 Å². The van der Waals surface area contributed by atoms with Crippen LogP contribution in [0.4, 0.5) is 0 Å². The highest BCUT2D eigenvalue weighted by molar-refractivity contribution is 7.19. The van der Waals surface area contributed by atoms with Crippen LogP contribution in [0.25, 0.3) is 10.1 Å².